The summed E-state index contributed by atoms with van der Waals surface area (Å²) in [5, 5.41) is 19.9. The minimum atomic E-state index is -0.469. The second-order valence-corrected chi connectivity index (χ2v) is 7.06. The SMILES string of the molecule is CCNC(=NCc1csc(C(C)C)n1)NCCC(O)c1ccccc1. The first-order chi connectivity index (χ1) is 12.1. The maximum Gasteiger partial charge on any atom is 0.191 e. The van der Waals surface area contributed by atoms with Crippen molar-refractivity contribution in [2.24, 2.45) is 4.99 Å². The molecule has 0 spiro atoms. The molecule has 0 saturated heterocycles. The number of rotatable bonds is 8. The number of thiazole rings is 1. The summed E-state index contributed by atoms with van der Waals surface area (Å²) in [6.45, 7) is 8.33. The Balaban J connectivity index is 1.84. The van der Waals surface area contributed by atoms with Gasteiger partial charge >= 0.3 is 0 Å². The van der Waals surface area contributed by atoms with Gasteiger partial charge in [0.1, 0.15) is 0 Å². The molecule has 0 aliphatic carbocycles. The van der Waals surface area contributed by atoms with Gasteiger partial charge in [-0.1, -0.05) is 44.2 Å². The van der Waals surface area contributed by atoms with Gasteiger partial charge in [-0.2, -0.15) is 0 Å². The van der Waals surface area contributed by atoms with Crippen molar-refractivity contribution in [3.8, 4) is 0 Å². The maximum atomic E-state index is 10.2. The van der Waals surface area contributed by atoms with Gasteiger partial charge in [0.25, 0.3) is 0 Å². The Morgan fingerprint density at radius 3 is 2.64 bits per heavy atom. The van der Waals surface area contributed by atoms with Gasteiger partial charge in [-0.15, -0.1) is 11.3 Å². The summed E-state index contributed by atoms with van der Waals surface area (Å²) < 4.78 is 0. The summed E-state index contributed by atoms with van der Waals surface area (Å²) in [7, 11) is 0. The predicted octanol–water partition coefficient (Wildman–Crippen LogP) is 3.45. The molecule has 0 bridgehead atoms. The summed E-state index contributed by atoms with van der Waals surface area (Å²) in [6, 6.07) is 9.72. The summed E-state index contributed by atoms with van der Waals surface area (Å²) >= 11 is 1.69. The van der Waals surface area contributed by atoms with Crippen LogP contribution in [-0.4, -0.2) is 29.1 Å². The quantitative estimate of drug-likeness (QED) is 0.498. The molecule has 1 atom stereocenters. The molecule has 0 radical (unpaired) electrons. The van der Waals surface area contributed by atoms with E-state index in [1.54, 1.807) is 11.3 Å². The molecular formula is C19H28N4OS. The van der Waals surface area contributed by atoms with Crippen molar-refractivity contribution in [1.82, 2.24) is 15.6 Å². The fraction of sp³-hybridized carbons (Fsp3) is 0.474. The molecule has 5 nitrogen and oxygen atoms in total. The Morgan fingerprint density at radius 2 is 2.00 bits per heavy atom. The third-order valence-electron chi connectivity index (χ3n) is 3.70. The fourth-order valence-electron chi connectivity index (χ4n) is 2.33. The Labute approximate surface area is 154 Å². The number of aliphatic hydroxyl groups excluding tert-OH is 1. The maximum absolute atomic E-state index is 10.2. The number of guanidine groups is 1. The first-order valence-corrected chi connectivity index (χ1v) is 9.67. The topological polar surface area (TPSA) is 69.5 Å². The molecule has 6 heteroatoms. The standard InChI is InChI=1S/C19H28N4OS/c1-4-20-19(22-12-16-13-25-18(23-16)14(2)3)21-11-10-17(24)15-8-6-5-7-9-15/h5-9,13-14,17,24H,4,10-12H2,1-3H3,(H2,20,21,22). The van der Waals surface area contributed by atoms with Crippen LogP contribution in [0.5, 0.6) is 0 Å². The van der Waals surface area contributed by atoms with E-state index in [0.717, 1.165) is 28.8 Å². The molecule has 1 aromatic heterocycles. The fourth-order valence-corrected chi connectivity index (χ4v) is 3.16. The van der Waals surface area contributed by atoms with E-state index in [0.29, 0.717) is 25.4 Å². The minimum absolute atomic E-state index is 0.452. The van der Waals surface area contributed by atoms with Crippen LogP contribution in [0.1, 0.15) is 55.5 Å². The van der Waals surface area contributed by atoms with Gasteiger partial charge in [-0.25, -0.2) is 9.98 Å². The van der Waals surface area contributed by atoms with Gasteiger partial charge in [-0.3, -0.25) is 0 Å². The summed E-state index contributed by atoms with van der Waals surface area (Å²) in [5.41, 5.74) is 1.94. The van der Waals surface area contributed by atoms with E-state index in [1.807, 2.05) is 37.3 Å². The van der Waals surface area contributed by atoms with E-state index < -0.39 is 6.10 Å². The molecule has 3 N–H and O–H groups in total. The molecule has 1 aromatic carbocycles. The number of nitrogens with one attached hydrogen (secondary N) is 2. The van der Waals surface area contributed by atoms with E-state index in [4.69, 9.17) is 0 Å². The predicted molar refractivity (Wildman–Crippen MR) is 105 cm³/mol. The van der Waals surface area contributed by atoms with Crippen LogP contribution in [0, 0.1) is 0 Å². The zero-order valence-electron chi connectivity index (χ0n) is 15.2. The second-order valence-electron chi connectivity index (χ2n) is 6.17. The minimum Gasteiger partial charge on any atom is -0.388 e. The monoisotopic (exact) mass is 360 g/mol. The number of hydrogen-bond acceptors (Lipinski definition) is 4. The molecule has 1 heterocycles. The smallest absolute Gasteiger partial charge is 0.191 e. The van der Waals surface area contributed by atoms with Crippen molar-refractivity contribution in [2.75, 3.05) is 13.1 Å². The van der Waals surface area contributed by atoms with Crippen LogP contribution in [0.3, 0.4) is 0 Å². The van der Waals surface area contributed by atoms with Crippen LogP contribution in [0.4, 0.5) is 0 Å². The lowest BCUT2D eigenvalue weighted by atomic mass is 10.1. The number of benzene rings is 1. The highest BCUT2D eigenvalue weighted by molar-refractivity contribution is 7.09. The van der Waals surface area contributed by atoms with E-state index in [-0.39, 0.29) is 0 Å². The molecule has 25 heavy (non-hydrogen) atoms. The first kappa shape index (κ1) is 19.4. The van der Waals surface area contributed by atoms with Gasteiger partial charge in [-0.05, 0) is 18.9 Å². The Morgan fingerprint density at radius 1 is 1.24 bits per heavy atom. The van der Waals surface area contributed by atoms with E-state index in [1.165, 1.54) is 0 Å². The van der Waals surface area contributed by atoms with Gasteiger partial charge in [0, 0.05) is 24.4 Å². The van der Waals surface area contributed by atoms with Gasteiger partial charge < -0.3 is 15.7 Å². The number of aliphatic imine (C=N–C) groups is 1. The average Bonchev–Trinajstić information content (AvgIpc) is 3.09. The van der Waals surface area contributed by atoms with Gasteiger partial charge in [0.05, 0.1) is 23.4 Å². The van der Waals surface area contributed by atoms with Crippen molar-refractivity contribution < 1.29 is 5.11 Å². The molecule has 1 unspecified atom stereocenters. The van der Waals surface area contributed by atoms with Crippen molar-refractivity contribution in [1.29, 1.82) is 0 Å². The molecule has 0 aliphatic heterocycles. The Hall–Kier alpha value is -1.92. The third-order valence-corrected chi connectivity index (χ3v) is 4.90. The van der Waals surface area contributed by atoms with E-state index in [9.17, 15) is 5.11 Å². The van der Waals surface area contributed by atoms with Crippen LogP contribution in [0.25, 0.3) is 0 Å². The van der Waals surface area contributed by atoms with E-state index in [2.05, 4.69) is 39.8 Å². The van der Waals surface area contributed by atoms with Crippen molar-refractivity contribution in [3.63, 3.8) is 0 Å². The van der Waals surface area contributed by atoms with Crippen LogP contribution in [-0.2, 0) is 6.54 Å². The average molecular weight is 361 g/mol. The molecule has 2 aromatic rings. The second kappa shape index (κ2) is 10.2. The largest absolute Gasteiger partial charge is 0.388 e. The summed E-state index contributed by atoms with van der Waals surface area (Å²) in [6.07, 6.45) is 0.159. The van der Waals surface area contributed by atoms with E-state index >= 15 is 0 Å². The number of nitrogens with zero attached hydrogens (tertiary/aromatic N) is 2. The number of aromatic nitrogens is 1. The number of aliphatic hydroxyl groups is 1. The summed E-state index contributed by atoms with van der Waals surface area (Å²) in [4.78, 5) is 9.19. The lowest BCUT2D eigenvalue weighted by Crippen LogP contribution is -2.38. The molecular weight excluding hydrogens is 332 g/mol. The molecule has 136 valence electrons. The van der Waals surface area contributed by atoms with Crippen molar-refractivity contribution in [3.05, 3.63) is 52.0 Å². The van der Waals surface area contributed by atoms with Gasteiger partial charge in [0.15, 0.2) is 5.96 Å². The molecule has 0 fully saturated rings. The highest BCUT2D eigenvalue weighted by atomic mass is 32.1. The zero-order valence-corrected chi connectivity index (χ0v) is 16.0. The highest BCUT2D eigenvalue weighted by Gasteiger charge is 2.08. The molecule has 0 saturated carbocycles. The molecule has 0 aliphatic rings. The molecule has 2 rings (SSSR count). The zero-order chi connectivity index (χ0) is 18.1. The Kier molecular flexibility index (Phi) is 7.88. The van der Waals surface area contributed by atoms with Crippen LogP contribution in [0.15, 0.2) is 40.7 Å². The van der Waals surface area contributed by atoms with Crippen LogP contribution < -0.4 is 10.6 Å². The van der Waals surface area contributed by atoms with Gasteiger partial charge in [0.2, 0.25) is 0 Å². The normalized spacial score (nSPS) is 13.1. The van der Waals surface area contributed by atoms with Crippen molar-refractivity contribution in [2.45, 2.75) is 45.8 Å². The first-order valence-electron chi connectivity index (χ1n) is 8.79. The van der Waals surface area contributed by atoms with Crippen LogP contribution >= 0.6 is 11.3 Å². The lowest BCUT2D eigenvalue weighted by Gasteiger charge is -2.14. The number of hydrogen-bond donors (Lipinski definition) is 3. The third kappa shape index (κ3) is 6.48. The lowest BCUT2D eigenvalue weighted by molar-refractivity contribution is 0.168. The molecule has 0 amide bonds. The highest BCUT2D eigenvalue weighted by Crippen LogP contribution is 2.19. The van der Waals surface area contributed by atoms with Crippen LogP contribution in [0.2, 0.25) is 0 Å². The Bertz CT molecular complexity index is 654. The summed E-state index contributed by atoms with van der Waals surface area (Å²) in [5.74, 6) is 1.20. The van der Waals surface area contributed by atoms with Crippen molar-refractivity contribution >= 4 is 17.3 Å².